The van der Waals surface area contributed by atoms with Gasteiger partial charge in [0.25, 0.3) is 6.43 Å². The van der Waals surface area contributed by atoms with Crippen LogP contribution in [0.2, 0.25) is 5.02 Å². The summed E-state index contributed by atoms with van der Waals surface area (Å²) >= 11 is 6.14. The quantitative estimate of drug-likeness (QED) is 0.666. The molecule has 0 aliphatic carbocycles. The zero-order valence-corrected chi connectivity index (χ0v) is 16.8. The van der Waals surface area contributed by atoms with Crippen LogP contribution in [0, 0.1) is 5.82 Å². The Hall–Kier alpha value is -2.49. The predicted molar refractivity (Wildman–Crippen MR) is 105 cm³/mol. The fourth-order valence-electron chi connectivity index (χ4n) is 3.21. The lowest BCUT2D eigenvalue weighted by Gasteiger charge is -2.33. The number of Topliss-reactive ketones (excluding diaryl/α,β-unsaturated/α-hetero) is 1. The second-order valence-corrected chi connectivity index (χ2v) is 7.25. The largest absolute Gasteiger partial charge is 0.385 e. The second-order valence-electron chi connectivity index (χ2n) is 6.84. The van der Waals surface area contributed by atoms with Crippen LogP contribution in [0.5, 0.6) is 0 Å². The topological polar surface area (TPSA) is 86.8 Å². The monoisotopic (exact) mass is 441 g/mol. The number of aliphatic imine (C=N–C) groups is 1. The fraction of sp³-hybridized carbons (Fsp3) is 0.350. The minimum Gasteiger partial charge on any atom is -0.385 e. The molecular weight excluding hydrogens is 423 g/mol. The first-order valence-corrected chi connectivity index (χ1v) is 9.30. The maximum atomic E-state index is 14.5. The molecule has 10 heteroatoms. The number of hydrogen-bond acceptors (Lipinski definition) is 6. The average molecular weight is 442 g/mol. The van der Waals surface area contributed by atoms with Crippen LogP contribution in [-0.4, -0.2) is 43.4 Å². The summed E-state index contributed by atoms with van der Waals surface area (Å²) in [5, 5.41) is 0.138. The lowest BCUT2D eigenvalue weighted by atomic mass is 9.88. The molecule has 0 fully saturated rings. The number of methoxy groups -OCH3 is 1. The molecule has 1 atom stereocenters. The Kier molecular flexibility index (Phi) is 6.74. The number of pyridine rings is 1. The molecule has 0 saturated carbocycles. The molecule has 1 aromatic carbocycles. The van der Waals surface area contributed by atoms with Gasteiger partial charge in [-0.3, -0.25) is 14.8 Å². The third-order valence-electron chi connectivity index (χ3n) is 4.61. The van der Waals surface area contributed by atoms with E-state index in [1.54, 1.807) is 6.07 Å². The van der Waals surface area contributed by atoms with Crippen LogP contribution >= 0.6 is 11.6 Å². The Morgan fingerprint density at radius 3 is 2.77 bits per heavy atom. The molecule has 0 saturated heterocycles. The van der Waals surface area contributed by atoms with Gasteiger partial charge in [-0.25, -0.2) is 13.2 Å². The second kappa shape index (κ2) is 9.11. The predicted octanol–water partition coefficient (Wildman–Crippen LogP) is 3.29. The number of nitrogens with zero attached hydrogens (tertiary/aromatic N) is 2. The highest BCUT2D eigenvalue weighted by molar-refractivity contribution is 6.33. The number of carbonyl (C=O) groups is 1. The van der Waals surface area contributed by atoms with Gasteiger partial charge >= 0.3 is 0 Å². The molecule has 0 spiro atoms. The number of benzene rings is 1. The summed E-state index contributed by atoms with van der Waals surface area (Å²) < 4.78 is 52.4. The van der Waals surface area contributed by atoms with E-state index in [1.807, 2.05) is 0 Å². The van der Waals surface area contributed by atoms with E-state index in [2.05, 4.69) is 9.98 Å². The first-order chi connectivity index (χ1) is 14.3. The van der Waals surface area contributed by atoms with Crippen molar-refractivity contribution in [2.24, 2.45) is 10.7 Å². The van der Waals surface area contributed by atoms with Crippen LogP contribution in [0.4, 0.5) is 13.2 Å². The third kappa shape index (κ3) is 4.48. The van der Waals surface area contributed by atoms with Gasteiger partial charge in [-0.15, -0.1) is 0 Å². The number of aromatic nitrogens is 1. The number of halogens is 4. The van der Waals surface area contributed by atoms with Crippen LogP contribution in [0.25, 0.3) is 0 Å². The highest BCUT2D eigenvalue weighted by Gasteiger charge is 2.46. The van der Waals surface area contributed by atoms with Crippen molar-refractivity contribution in [3.8, 4) is 0 Å². The smallest absolute Gasteiger partial charge is 0.269 e. The summed E-state index contributed by atoms with van der Waals surface area (Å²) in [6.45, 7) is -0.366. The van der Waals surface area contributed by atoms with E-state index in [9.17, 15) is 18.0 Å². The van der Waals surface area contributed by atoms with Gasteiger partial charge in [-0.1, -0.05) is 17.7 Å². The molecule has 1 aromatic heterocycles. The minimum absolute atomic E-state index is 0.0224. The number of hydrogen-bond donors (Lipinski definition) is 1. The summed E-state index contributed by atoms with van der Waals surface area (Å²) in [7, 11) is 1.51. The molecule has 0 unspecified atom stereocenters. The van der Waals surface area contributed by atoms with Crippen molar-refractivity contribution in [2.45, 2.75) is 25.0 Å². The van der Waals surface area contributed by atoms with Crippen LogP contribution in [0.1, 0.15) is 27.2 Å². The number of rotatable bonds is 7. The molecule has 3 rings (SSSR count). The van der Waals surface area contributed by atoms with Gasteiger partial charge in [-0.05, 0) is 29.3 Å². The molecule has 160 valence electrons. The standard InChI is InChI=1S/C20H19ClF3N3O3/c1-29-8-12-5-14(21)18(26-7-12)16(28)6-11-2-3-15(22)13(4-11)20(19(23)24)10-30-9-17(25)27-20/h2-5,7,19H,6,8-10H2,1H3,(H2,25,27)/t20-/m0/s1. The zero-order chi connectivity index (χ0) is 21.9. The summed E-state index contributed by atoms with van der Waals surface area (Å²) in [5.74, 6) is -1.50. The van der Waals surface area contributed by atoms with Crippen molar-refractivity contribution in [2.75, 3.05) is 20.3 Å². The Balaban J connectivity index is 1.92. The van der Waals surface area contributed by atoms with Gasteiger partial charge in [0.15, 0.2) is 11.3 Å². The summed E-state index contributed by atoms with van der Waals surface area (Å²) in [4.78, 5) is 20.5. The van der Waals surface area contributed by atoms with Crippen LogP contribution in [-0.2, 0) is 28.0 Å². The van der Waals surface area contributed by atoms with E-state index < -0.39 is 30.2 Å². The molecule has 30 heavy (non-hydrogen) atoms. The number of amidine groups is 1. The maximum Gasteiger partial charge on any atom is 0.269 e. The van der Waals surface area contributed by atoms with Crippen molar-refractivity contribution in [3.63, 3.8) is 0 Å². The molecule has 2 aromatic rings. The van der Waals surface area contributed by atoms with Gasteiger partial charge in [0.05, 0.1) is 18.2 Å². The summed E-state index contributed by atoms with van der Waals surface area (Å²) in [5.41, 5.74) is 3.91. The van der Waals surface area contributed by atoms with Gasteiger partial charge in [-0.2, -0.15) is 0 Å². The molecule has 1 aliphatic rings. The molecule has 6 nitrogen and oxygen atoms in total. The lowest BCUT2D eigenvalue weighted by Crippen LogP contribution is -2.45. The zero-order valence-electron chi connectivity index (χ0n) is 16.0. The molecule has 0 bridgehead atoms. The number of alkyl halides is 2. The molecule has 2 heterocycles. The van der Waals surface area contributed by atoms with Crippen LogP contribution in [0.3, 0.4) is 0 Å². The van der Waals surface area contributed by atoms with Crippen molar-refractivity contribution in [3.05, 3.63) is 63.7 Å². The number of ketones is 1. The van der Waals surface area contributed by atoms with E-state index in [0.717, 1.165) is 6.07 Å². The Labute approximate surface area is 175 Å². The molecule has 0 radical (unpaired) electrons. The number of nitrogens with two attached hydrogens (primary N) is 1. The molecular formula is C20H19ClF3N3O3. The first kappa shape index (κ1) is 22.2. The Bertz CT molecular complexity index is 987. The Morgan fingerprint density at radius 2 is 2.13 bits per heavy atom. The van der Waals surface area contributed by atoms with E-state index in [0.29, 0.717) is 11.1 Å². The third-order valence-corrected chi connectivity index (χ3v) is 4.90. The van der Waals surface area contributed by atoms with Gasteiger partial charge < -0.3 is 15.2 Å². The normalized spacial score (nSPS) is 19.1. The van der Waals surface area contributed by atoms with Crippen molar-refractivity contribution >= 4 is 23.2 Å². The van der Waals surface area contributed by atoms with Gasteiger partial charge in [0.1, 0.15) is 24.0 Å². The molecule has 2 N–H and O–H groups in total. The maximum absolute atomic E-state index is 14.5. The first-order valence-electron chi connectivity index (χ1n) is 8.92. The van der Waals surface area contributed by atoms with Crippen molar-refractivity contribution in [1.82, 2.24) is 4.98 Å². The fourth-order valence-corrected chi connectivity index (χ4v) is 3.51. The van der Waals surface area contributed by atoms with Crippen LogP contribution in [0.15, 0.2) is 35.5 Å². The van der Waals surface area contributed by atoms with Crippen molar-refractivity contribution < 1.29 is 27.4 Å². The minimum atomic E-state index is -3.07. The summed E-state index contributed by atoms with van der Waals surface area (Å²) in [6.07, 6.45) is -1.83. The van der Waals surface area contributed by atoms with E-state index in [-0.39, 0.29) is 41.8 Å². The highest BCUT2D eigenvalue weighted by Crippen LogP contribution is 2.37. The number of carbonyl (C=O) groups excluding carboxylic acids is 1. The Morgan fingerprint density at radius 1 is 1.37 bits per heavy atom. The van der Waals surface area contributed by atoms with Crippen LogP contribution < -0.4 is 5.73 Å². The SMILES string of the molecule is COCc1cnc(C(=O)Cc2ccc(F)c([C@]3(C(F)F)COCC(N)=N3)c2)c(Cl)c1. The van der Waals surface area contributed by atoms with E-state index in [1.165, 1.54) is 25.4 Å². The van der Waals surface area contributed by atoms with Gasteiger partial charge in [0.2, 0.25) is 0 Å². The van der Waals surface area contributed by atoms with E-state index in [4.69, 9.17) is 26.8 Å². The number of ether oxygens (including phenoxy) is 2. The average Bonchev–Trinajstić information content (AvgIpc) is 2.69. The lowest BCUT2D eigenvalue weighted by molar-refractivity contribution is -0.0146. The summed E-state index contributed by atoms with van der Waals surface area (Å²) in [6, 6.07) is 5.08. The van der Waals surface area contributed by atoms with E-state index >= 15 is 0 Å². The highest BCUT2D eigenvalue weighted by atomic mass is 35.5. The van der Waals surface area contributed by atoms with Crippen molar-refractivity contribution in [1.29, 1.82) is 0 Å². The molecule has 0 amide bonds. The van der Waals surface area contributed by atoms with Gasteiger partial charge in [0, 0.05) is 25.3 Å². The molecule has 1 aliphatic heterocycles.